The van der Waals surface area contributed by atoms with Crippen molar-refractivity contribution in [3.05, 3.63) is 18.5 Å². The maximum absolute atomic E-state index is 12.8. The number of methoxy groups -OCH3 is 1. The molecular weight excluding hydrogens is 312 g/mol. The predicted octanol–water partition coefficient (Wildman–Crippen LogP) is 0.343. The van der Waals surface area contributed by atoms with Crippen LogP contribution in [-0.4, -0.2) is 60.7 Å². The highest BCUT2D eigenvalue weighted by molar-refractivity contribution is 7.89. The van der Waals surface area contributed by atoms with E-state index in [1.807, 2.05) is 0 Å². The zero-order valence-corrected chi connectivity index (χ0v) is 13.3. The fourth-order valence-corrected chi connectivity index (χ4v) is 3.85. The highest BCUT2D eigenvalue weighted by Crippen LogP contribution is 2.28. The number of carbonyl (C=O) groups is 1. The van der Waals surface area contributed by atoms with Gasteiger partial charge in [0.1, 0.15) is 16.7 Å². The highest BCUT2D eigenvalue weighted by Gasteiger charge is 2.44. The van der Waals surface area contributed by atoms with Gasteiger partial charge in [0.15, 0.2) is 0 Å². The van der Waals surface area contributed by atoms with Crippen molar-refractivity contribution in [1.29, 1.82) is 0 Å². The average Bonchev–Trinajstić information content (AvgIpc) is 2.46. The second kappa shape index (κ2) is 5.82. The first-order valence-corrected chi connectivity index (χ1v) is 7.99. The molecular formula is C13H18N2O6S. The van der Waals surface area contributed by atoms with E-state index in [2.05, 4.69) is 4.98 Å². The lowest BCUT2D eigenvalue weighted by molar-refractivity contribution is -0.154. The van der Waals surface area contributed by atoms with Gasteiger partial charge in [-0.25, -0.2) is 8.42 Å². The van der Waals surface area contributed by atoms with E-state index in [-0.39, 0.29) is 23.8 Å². The Morgan fingerprint density at radius 1 is 1.50 bits per heavy atom. The molecule has 1 saturated heterocycles. The zero-order chi connectivity index (χ0) is 16.5. The largest absolute Gasteiger partial charge is 0.495 e. The van der Waals surface area contributed by atoms with Crippen LogP contribution in [0.3, 0.4) is 0 Å². The number of pyridine rings is 1. The smallest absolute Gasteiger partial charge is 0.324 e. The summed E-state index contributed by atoms with van der Waals surface area (Å²) < 4.78 is 36.9. The third-order valence-corrected chi connectivity index (χ3v) is 5.15. The van der Waals surface area contributed by atoms with Gasteiger partial charge >= 0.3 is 5.97 Å². The Bertz CT molecular complexity index is 673. The first-order valence-electron chi connectivity index (χ1n) is 6.55. The number of ether oxygens (including phenoxy) is 2. The van der Waals surface area contributed by atoms with Crippen LogP contribution in [0.15, 0.2) is 23.4 Å². The third kappa shape index (κ3) is 3.21. The van der Waals surface area contributed by atoms with E-state index in [4.69, 9.17) is 9.47 Å². The van der Waals surface area contributed by atoms with E-state index in [0.717, 1.165) is 4.31 Å². The van der Waals surface area contributed by atoms with E-state index in [1.54, 1.807) is 13.8 Å². The molecule has 0 radical (unpaired) electrons. The quantitative estimate of drug-likeness (QED) is 0.848. The standard InChI is InChI=1S/C13H18N2O6S/c1-13(2)8-15(11(7-21-13)12(16)17)22(18,19)10-4-9(20-3)5-14-6-10/h4-6,11H,7-8H2,1-3H3,(H,16,17). The van der Waals surface area contributed by atoms with Gasteiger partial charge in [-0.2, -0.15) is 4.31 Å². The molecule has 2 heterocycles. The lowest BCUT2D eigenvalue weighted by Gasteiger charge is -2.40. The maximum atomic E-state index is 12.8. The molecule has 0 spiro atoms. The minimum atomic E-state index is -4.03. The molecule has 122 valence electrons. The number of hydrogen-bond donors (Lipinski definition) is 1. The molecule has 2 rings (SSSR count). The van der Waals surface area contributed by atoms with E-state index >= 15 is 0 Å². The Labute approximate surface area is 128 Å². The first-order chi connectivity index (χ1) is 10.2. The molecule has 1 N–H and O–H groups in total. The first kappa shape index (κ1) is 16.7. The summed E-state index contributed by atoms with van der Waals surface area (Å²) in [6.45, 7) is 3.14. The van der Waals surface area contributed by atoms with Crippen LogP contribution in [0.2, 0.25) is 0 Å². The molecule has 0 aliphatic carbocycles. The van der Waals surface area contributed by atoms with Crippen LogP contribution in [0.25, 0.3) is 0 Å². The fourth-order valence-electron chi connectivity index (χ4n) is 2.15. The molecule has 1 fully saturated rings. The van der Waals surface area contributed by atoms with Crippen molar-refractivity contribution in [2.45, 2.75) is 30.4 Å². The summed E-state index contributed by atoms with van der Waals surface area (Å²) in [4.78, 5) is 15.0. The van der Waals surface area contributed by atoms with Gasteiger partial charge in [-0.15, -0.1) is 0 Å². The Morgan fingerprint density at radius 3 is 2.77 bits per heavy atom. The molecule has 1 aliphatic heterocycles. The molecule has 22 heavy (non-hydrogen) atoms. The van der Waals surface area contributed by atoms with Gasteiger partial charge in [-0.1, -0.05) is 0 Å². The number of aliphatic carboxylic acids is 1. The van der Waals surface area contributed by atoms with Crippen molar-refractivity contribution in [3.8, 4) is 5.75 Å². The van der Waals surface area contributed by atoms with Crippen LogP contribution >= 0.6 is 0 Å². The van der Waals surface area contributed by atoms with Crippen LogP contribution in [-0.2, 0) is 19.6 Å². The Morgan fingerprint density at radius 2 is 2.18 bits per heavy atom. The van der Waals surface area contributed by atoms with Gasteiger partial charge in [-0.3, -0.25) is 9.78 Å². The number of morpholine rings is 1. The van der Waals surface area contributed by atoms with Crippen LogP contribution in [0.5, 0.6) is 5.75 Å². The van der Waals surface area contributed by atoms with Gasteiger partial charge < -0.3 is 14.6 Å². The number of hydrogen-bond acceptors (Lipinski definition) is 6. The number of carboxylic acids is 1. The molecule has 9 heteroatoms. The molecule has 1 atom stereocenters. The SMILES string of the molecule is COc1cncc(S(=O)(=O)N2CC(C)(C)OCC2C(=O)O)c1. The summed E-state index contributed by atoms with van der Waals surface area (Å²) in [5.41, 5.74) is -0.773. The monoisotopic (exact) mass is 330 g/mol. The fraction of sp³-hybridized carbons (Fsp3) is 0.538. The minimum Gasteiger partial charge on any atom is -0.495 e. The lowest BCUT2D eigenvalue weighted by atomic mass is 10.1. The summed E-state index contributed by atoms with van der Waals surface area (Å²) in [5.74, 6) is -0.976. The molecule has 1 aromatic heterocycles. The highest BCUT2D eigenvalue weighted by atomic mass is 32.2. The number of aromatic nitrogens is 1. The van der Waals surface area contributed by atoms with Gasteiger partial charge in [-0.05, 0) is 13.8 Å². The van der Waals surface area contributed by atoms with Crippen molar-refractivity contribution in [3.63, 3.8) is 0 Å². The second-order valence-electron chi connectivity index (χ2n) is 5.54. The summed E-state index contributed by atoms with van der Waals surface area (Å²) >= 11 is 0. The Kier molecular flexibility index (Phi) is 4.41. The molecule has 1 aliphatic rings. The number of carboxylic acid groups (broad SMARTS) is 1. The summed E-state index contributed by atoms with van der Waals surface area (Å²) in [7, 11) is -2.64. The summed E-state index contributed by atoms with van der Waals surface area (Å²) in [6.07, 6.45) is 2.54. The van der Waals surface area contributed by atoms with Gasteiger partial charge in [0.2, 0.25) is 10.0 Å². The van der Waals surface area contributed by atoms with Crippen LogP contribution in [0, 0.1) is 0 Å². The molecule has 0 saturated carbocycles. The van der Waals surface area contributed by atoms with Crippen LogP contribution < -0.4 is 4.74 Å². The Hall–Kier alpha value is -1.71. The lowest BCUT2D eigenvalue weighted by Crippen LogP contribution is -2.58. The van der Waals surface area contributed by atoms with Gasteiger partial charge in [0, 0.05) is 18.8 Å². The molecule has 0 amide bonds. The van der Waals surface area contributed by atoms with E-state index in [1.165, 1.54) is 25.6 Å². The molecule has 1 aromatic rings. The summed E-state index contributed by atoms with van der Waals surface area (Å²) in [5, 5.41) is 9.26. The van der Waals surface area contributed by atoms with Crippen molar-refractivity contribution >= 4 is 16.0 Å². The molecule has 0 aromatic carbocycles. The molecule has 1 unspecified atom stereocenters. The van der Waals surface area contributed by atoms with Crippen molar-refractivity contribution in [1.82, 2.24) is 9.29 Å². The van der Waals surface area contributed by atoms with E-state index in [9.17, 15) is 18.3 Å². The predicted molar refractivity (Wildman–Crippen MR) is 76.1 cm³/mol. The topological polar surface area (TPSA) is 106 Å². The van der Waals surface area contributed by atoms with Crippen LogP contribution in [0.1, 0.15) is 13.8 Å². The minimum absolute atomic E-state index is 0.0660. The number of nitrogens with zero attached hydrogens (tertiary/aromatic N) is 2. The number of rotatable bonds is 4. The van der Waals surface area contributed by atoms with E-state index in [0.29, 0.717) is 0 Å². The van der Waals surface area contributed by atoms with Gasteiger partial charge in [0.25, 0.3) is 0 Å². The number of sulfonamides is 1. The van der Waals surface area contributed by atoms with E-state index < -0.39 is 27.6 Å². The normalized spacial score (nSPS) is 22.2. The van der Waals surface area contributed by atoms with Gasteiger partial charge in [0.05, 0.1) is 25.5 Å². The second-order valence-corrected chi connectivity index (χ2v) is 7.43. The molecule has 0 bridgehead atoms. The Balaban J connectivity index is 2.45. The van der Waals surface area contributed by atoms with Crippen molar-refractivity contribution in [2.75, 3.05) is 20.3 Å². The maximum Gasteiger partial charge on any atom is 0.324 e. The van der Waals surface area contributed by atoms with Crippen LogP contribution in [0.4, 0.5) is 0 Å². The molecule has 8 nitrogen and oxygen atoms in total. The van der Waals surface area contributed by atoms with Crippen molar-refractivity contribution < 1.29 is 27.8 Å². The zero-order valence-electron chi connectivity index (χ0n) is 12.5. The third-order valence-electron chi connectivity index (χ3n) is 3.33. The average molecular weight is 330 g/mol. The summed E-state index contributed by atoms with van der Waals surface area (Å²) in [6, 6.07) is 0.0354. The van der Waals surface area contributed by atoms with Crippen molar-refractivity contribution in [2.24, 2.45) is 0 Å².